The van der Waals surface area contributed by atoms with E-state index in [1.807, 2.05) is 0 Å². The second kappa shape index (κ2) is 6.33. The Morgan fingerprint density at radius 1 is 1.00 bits per heavy atom. The highest BCUT2D eigenvalue weighted by Gasteiger charge is 2.30. The average molecular weight is 361 g/mol. The minimum atomic E-state index is -4.39. The number of carbonyl (C=O) groups is 2. The predicted molar refractivity (Wildman–Crippen MR) is 89.7 cm³/mol. The molecule has 134 valence electrons. The number of aryl methyl sites for hydroxylation is 1. The molecule has 0 saturated heterocycles. The molecule has 4 nitrogen and oxygen atoms in total. The summed E-state index contributed by atoms with van der Waals surface area (Å²) in [7, 11) is 2.85. The summed E-state index contributed by atoms with van der Waals surface area (Å²) < 4.78 is 44.2. The highest BCUT2D eigenvalue weighted by molar-refractivity contribution is 6.43. The second-order valence-corrected chi connectivity index (χ2v) is 5.78. The molecule has 0 unspecified atom stereocenters. The van der Waals surface area contributed by atoms with Crippen LogP contribution in [0.2, 0.25) is 0 Å². The number of aromatic nitrogens is 1. The third kappa shape index (κ3) is 3.08. The first-order valence-corrected chi connectivity index (χ1v) is 7.61. The number of ketones is 1. The van der Waals surface area contributed by atoms with Crippen molar-refractivity contribution in [2.75, 3.05) is 7.11 Å². The second-order valence-electron chi connectivity index (χ2n) is 5.78. The first kappa shape index (κ1) is 17.7. The van der Waals surface area contributed by atoms with Gasteiger partial charge in [0.2, 0.25) is 0 Å². The molecule has 0 aliphatic rings. The van der Waals surface area contributed by atoms with E-state index in [0.717, 1.165) is 19.2 Å². The number of methoxy groups -OCH3 is 1. The number of alkyl halides is 3. The molecule has 26 heavy (non-hydrogen) atoms. The summed E-state index contributed by atoms with van der Waals surface area (Å²) in [6.07, 6.45) is -2.86. The fourth-order valence-electron chi connectivity index (χ4n) is 2.80. The van der Waals surface area contributed by atoms with Gasteiger partial charge in [-0.3, -0.25) is 4.79 Å². The fourth-order valence-corrected chi connectivity index (χ4v) is 2.80. The fraction of sp³-hybridized carbons (Fsp3) is 0.158. The molecule has 0 saturated carbocycles. The summed E-state index contributed by atoms with van der Waals surface area (Å²) in [6, 6.07) is 9.96. The van der Waals surface area contributed by atoms with E-state index < -0.39 is 23.5 Å². The van der Waals surface area contributed by atoms with Gasteiger partial charge in [-0.15, -0.1) is 0 Å². The maximum atomic E-state index is 12.7. The summed E-state index contributed by atoms with van der Waals surface area (Å²) in [6.45, 7) is 0. The van der Waals surface area contributed by atoms with E-state index in [0.29, 0.717) is 22.0 Å². The number of nitrogens with zero attached hydrogens (tertiary/aromatic N) is 1. The molecule has 0 spiro atoms. The van der Waals surface area contributed by atoms with E-state index in [4.69, 9.17) is 0 Å². The number of hydrogen-bond acceptors (Lipinski definition) is 3. The Morgan fingerprint density at radius 2 is 1.62 bits per heavy atom. The molecule has 0 atom stereocenters. The Morgan fingerprint density at radius 3 is 2.19 bits per heavy atom. The third-order valence-electron chi connectivity index (χ3n) is 4.15. The largest absolute Gasteiger partial charge is 0.463 e. The Bertz CT molecular complexity index is 1000. The third-order valence-corrected chi connectivity index (χ3v) is 4.15. The van der Waals surface area contributed by atoms with Crippen LogP contribution in [-0.4, -0.2) is 23.4 Å². The maximum Gasteiger partial charge on any atom is 0.416 e. The van der Waals surface area contributed by atoms with Gasteiger partial charge in [0.1, 0.15) is 0 Å². The number of ether oxygens (including phenoxy) is 1. The van der Waals surface area contributed by atoms with Crippen LogP contribution in [0.15, 0.2) is 48.7 Å². The van der Waals surface area contributed by atoms with Crippen molar-refractivity contribution in [2.45, 2.75) is 6.18 Å². The minimum Gasteiger partial charge on any atom is -0.463 e. The molecular formula is C19H14F3NO3. The van der Waals surface area contributed by atoms with Gasteiger partial charge < -0.3 is 9.30 Å². The predicted octanol–water partition coefficient (Wildman–Crippen LogP) is 4.22. The SMILES string of the molecule is COC(=O)C(=O)c1cn(C)c2cc(-c3ccc(C(F)(F)F)cc3)ccc12. The zero-order valence-corrected chi connectivity index (χ0v) is 13.9. The zero-order chi connectivity index (χ0) is 19.1. The highest BCUT2D eigenvalue weighted by Crippen LogP contribution is 2.32. The molecule has 0 N–H and O–H groups in total. The Hall–Kier alpha value is -3.09. The van der Waals surface area contributed by atoms with Crippen molar-refractivity contribution in [3.8, 4) is 11.1 Å². The summed E-state index contributed by atoms with van der Waals surface area (Å²) in [5, 5.41) is 0.568. The average Bonchev–Trinajstić information content (AvgIpc) is 2.96. The maximum absolute atomic E-state index is 12.7. The van der Waals surface area contributed by atoms with Gasteiger partial charge in [-0.05, 0) is 29.3 Å². The van der Waals surface area contributed by atoms with Gasteiger partial charge in [0.15, 0.2) is 0 Å². The number of esters is 1. The van der Waals surface area contributed by atoms with E-state index in [9.17, 15) is 22.8 Å². The highest BCUT2D eigenvalue weighted by atomic mass is 19.4. The number of rotatable bonds is 3. The molecular weight excluding hydrogens is 347 g/mol. The van der Waals surface area contributed by atoms with Crippen molar-refractivity contribution in [3.05, 3.63) is 59.8 Å². The normalized spacial score (nSPS) is 11.6. The monoisotopic (exact) mass is 361 g/mol. The molecule has 0 bridgehead atoms. The Labute approximate surface area is 146 Å². The Kier molecular flexibility index (Phi) is 4.31. The molecule has 0 radical (unpaired) electrons. The van der Waals surface area contributed by atoms with E-state index in [-0.39, 0.29) is 5.56 Å². The first-order chi connectivity index (χ1) is 12.2. The van der Waals surface area contributed by atoms with Crippen molar-refractivity contribution in [3.63, 3.8) is 0 Å². The molecule has 0 fully saturated rings. The number of hydrogen-bond donors (Lipinski definition) is 0. The van der Waals surface area contributed by atoms with Crippen LogP contribution in [-0.2, 0) is 22.8 Å². The van der Waals surface area contributed by atoms with Crippen LogP contribution in [0.5, 0.6) is 0 Å². The number of halogens is 3. The lowest BCUT2D eigenvalue weighted by molar-refractivity contribution is -0.137. The van der Waals surface area contributed by atoms with Gasteiger partial charge in [0.05, 0.1) is 18.2 Å². The van der Waals surface area contributed by atoms with Crippen LogP contribution in [0.3, 0.4) is 0 Å². The Balaban J connectivity index is 2.04. The van der Waals surface area contributed by atoms with E-state index >= 15 is 0 Å². The molecule has 7 heteroatoms. The van der Waals surface area contributed by atoms with Crippen molar-refractivity contribution in [1.82, 2.24) is 4.57 Å². The smallest absolute Gasteiger partial charge is 0.416 e. The first-order valence-electron chi connectivity index (χ1n) is 7.61. The zero-order valence-electron chi connectivity index (χ0n) is 13.9. The van der Waals surface area contributed by atoms with Gasteiger partial charge in [-0.1, -0.05) is 24.3 Å². The van der Waals surface area contributed by atoms with Crippen LogP contribution in [0.25, 0.3) is 22.0 Å². The van der Waals surface area contributed by atoms with Crippen molar-refractivity contribution >= 4 is 22.7 Å². The lowest BCUT2D eigenvalue weighted by Crippen LogP contribution is -2.15. The summed E-state index contributed by atoms with van der Waals surface area (Å²) in [5.41, 5.74) is 1.49. The van der Waals surface area contributed by atoms with Crippen LogP contribution >= 0.6 is 0 Å². The molecule has 3 aromatic rings. The molecule has 2 aromatic carbocycles. The molecule has 1 heterocycles. The molecule has 0 aliphatic carbocycles. The summed E-state index contributed by atoms with van der Waals surface area (Å²) in [5.74, 6) is -1.70. The van der Waals surface area contributed by atoms with E-state index in [2.05, 4.69) is 4.74 Å². The van der Waals surface area contributed by atoms with E-state index in [1.54, 1.807) is 29.8 Å². The topological polar surface area (TPSA) is 48.3 Å². The lowest BCUT2D eigenvalue weighted by Gasteiger charge is -2.08. The van der Waals surface area contributed by atoms with Gasteiger partial charge in [0, 0.05) is 24.1 Å². The van der Waals surface area contributed by atoms with Gasteiger partial charge >= 0.3 is 12.1 Å². The van der Waals surface area contributed by atoms with Crippen molar-refractivity contribution in [1.29, 1.82) is 0 Å². The van der Waals surface area contributed by atoms with Gasteiger partial charge in [-0.25, -0.2) is 4.79 Å². The van der Waals surface area contributed by atoms with E-state index in [1.165, 1.54) is 18.3 Å². The number of carbonyl (C=O) groups excluding carboxylic acids is 2. The van der Waals surface area contributed by atoms with Gasteiger partial charge in [0.25, 0.3) is 5.78 Å². The molecule has 0 amide bonds. The van der Waals surface area contributed by atoms with Crippen molar-refractivity contribution in [2.24, 2.45) is 7.05 Å². The number of fused-ring (bicyclic) bond motifs is 1. The number of benzene rings is 2. The van der Waals surface area contributed by atoms with Crippen LogP contribution in [0, 0.1) is 0 Å². The standard InChI is InChI=1S/C19H14F3NO3/c1-23-10-15(17(24)18(25)26-2)14-8-5-12(9-16(14)23)11-3-6-13(7-4-11)19(20,21)22/h3-10H,1-2H3. The molecule has 3 rings (SSSR count). The lowest BCUT2D eigenvalue weighted by atomic mass is 10.0. The van der Waals surface area contributed by atoms with Crippen molar-refractivity contribution < 1.29 is 27.5 Å². The summed E-state index contributed by atoms with van der Waals surface area (Å²) in [4.78, 5) is 23.6. The van der Waals surface area contributed by atoms with Crippen LogP contribution in [0.4, 0.5) is 13.2 Å². The van der Waals surface area contributed by atoms with Crippen LogP contribution in [0.1, 0.15) is 15.9 Å². The minimum absolute atomic E-state index is 0.216. The molecule has 0 aliphatic heterocycles. The van der Waals surface area contributed by atoms with Crippen LogP contribution < -0.4 is 0 Å². The summed E-state index contributed by atoms with van der Waals surface area (Å²) >= 11 is 0. The quantitative estimate of drug-likeness (QED) is 0.399. The number of Topliss-reactive ketones (excluding diaryl/α,β-unsaturated/α-hetero) is 1. The molecule has 1 aromatic heterocycles. The van der Waals surface area contributed by atoms with Gasteiger partial charge in [-0.2, -0.15) is 13.2 Å².